The van der Waals surface area contributed by atoms with Crippen LogP contribution in [0.25, 0.3) is 5.69 Å². The largest absolute Gasteiger partial charge is 0.481 e. The van der Waals surface area contributed by atoms with Gasteiger partial charge in [-0.1, -0.05) is 42.5 Å². The van der Waals surface area contributed by atoms with Crippen molar-refractivity contribution in [3.63, 3.8) is 0 Å². The number of carbonyl (C=O) groups is 2. The van der Waals surface area contributed by atoms with E-state index in [2.05, 4.69) is 15.5 Å². The number of nitrogens with zero attached hydrogens (tertiary/aromatic N) is 5. The molecule has 1 aliphatic rings. The molecule has 2 atom stereocenters. The van der Waals surface area contributed by atoms with Crippen molar-refractivity contribution in [1.82, 2.24) is 25.1 Å². The van der Waals surface area contributed by atoms with Gasteiger partial charge in [-0.05, 0) is 33.7 Å². The lowest BCUT2D eigenvalue weighted by molar-refractivity contribution is -0.141. The Kier molecular flexibility index (Phi) is 4.84. The van der Waals surface area contributed by atoms with E-state index in [1.807, 2.05) is 54.6 Å². The van der Waals surface area contributed by atoms with Gasteiger partial charge in [0.15, 0.2) is 0 Å². The normalized spacial score (nSPS) is 18.9. The first kappa shape index (κ1) is 17.8. The van der Waals surface area contributed by atoms with Crippen molar-refractivity contribution in [2.24, 2.45) is 5.92 Å². The Balaban J connectivity index is 1.45. The molecule has 28 heavy (non-hydrogen) atoms. The van der Waals surface area contributed by atoms with Gasteiger partial charge in [0.05, 0.1) is 18.0 Å². The van der Waals surface area contributed by atoms with Crippen LogP contribution < -0.4 is 0 Å². The molecule has 0 spiro atoms. The lowest BCUT2D eigenvalue weighted by Crippen LogP contribution is -2.31. The maximum Gasteiger partial charge on any atom is 0.308 e. The Morgan fingerprint density at radius 2 is 1.79 bits per heavy atom. The number of carboxylic acids is 1. The zero-order valence-electron chi connectivity index (χ0n) is 15.0. The summed E-state index contributed by atoms with van der Waals surface area (Å²) in [6.07, 6.45) is 1.73. The summed E-state index contributed by atoms with van der Waals surface area (Å²) in [5.41, 5.74) is 2.62. The first-order chi connectivity index (χ1) is 13.6. The molecule has 1 aromatic heterocycles. The van der Waals surface area contributed by atoms with Crippen molar-refractivity contribution in [1.29, 1.82) is 0 Å². The van der Waals surface area contributed by atoms with E-state index >= 15 is 0 Å². The number of benzene rings is 2. The molecule has 1 fully saturated rings. The van der Waals surface area contributed by atoms with Crippen molar-refractivity contribution >= 4 is 11.9 Å². The second-order valence-corrected chi connectivity index (χ2v) is 6.86. The summed E-state index contributed by atoms with van der Waals surface area (Å²) in [7, 11) is 0. The molecule has 4 rings (SSSR count). The summed E-state index contributed by atoms with van der Waals surface area (Å²) in [4.78, 5) is 26.1. The van der Waals surface area contributed by atoms with E-state index < -0.39 is 11.9 Å². The summed E-state index contributed by atoms with van der Waals surface area (Å²) in [5.74, 6) is -1.71. The maximum atomic E-state index is 12.8. The van der Waals surface area contributed by atoms with E-state index in [0.29, 0.717) is 6.54 Å². The highest BCUT2D eigenvalue weighted by Crippen LogP contribution is 2.33. The van der Waals surface area contributed by atoms with Crippen molar-refractivity contribution in [3.8, 4) is 5.69 Å². The zero-order valence-corrected chi connectivity index (χ0v) is 15.0. The van der Waals surface area contributed by atoms with Crippen molar-refractivity contribution in [2.45, 2.75) is 12.3 Å². The molecule has 0 radical (unpaired) electrons. The van der Waals surface area contributed by atoms with Gasteiger partial charge in [0.1, 0.15) is 6.33 Å². The van der Waals surface area contributed by atoms with Crippen molar-refractivity contribution in [2.75, 3.05) is 13.1 Å². The molecule has 2 heterocycles. The van der Waals surface area contributed by atoms with Crippen LogP contribution >= 0.6 is 0 Å². The second kappa shape index (κ2) is 7.59. The minimum Gasteiger partial charge on any atom is -0.481 e. The zero-order chi connectivity index (χ0) is 19.5. The Labute approximate surface area is 161 Å². The standard InChI is InChI=1S/C20H19N5O3/c26-19(10-14-6-8-16(9-7-14)25-13-21-22-23-25)24-11-17(18(12-24)20(27)28)15-4-2-1-3-5-15/h1-9,13,17-18H,10-12H2,(H,27,28)/t17-,18-/m1/s1. The van der Waals surface area contributed by atoms with Crippen molar-refractivity contribution in [3.05, 3.63) is 72.1 Å². The fraction of sp³-hybridized carbons (Fsp3) is 0.250. The summed E-state index contributed by atoms with van der Waals surface area (Å²) < 4.78 is 1.54. The van der Waals surface area contributed by atoms with E-state index in [0.717, 1.165) is 16.8 Å². The van der Waals surface area contributed by atoms with Gasteiger partial charge in [-0.25, -0.2) is 4.68 Å². The molecule has 0 unspecified atom stereocenters. The number of aromatic nitrogens is 4. The molecule has 2 aromatic carbocycles. The SMILES string of the molecule is O=C(O)[C@@H]1CN(C(=O)Cc2ccc(-n3cnnn3)cc2)C[C@@H]1c1ccccc1. The summed E-state index contributed by atoms with van der Waals surface area (Å²) in [6, 6.07) is 16.9. The van der Waals surface area contributed by atoms with Crippen LogP contribution in [0.15, 0.2) is 60.9 Å². The maximum absolute atomic E-state index is 12.8. The number of hydrogen-bond donors (Lipinski definition) is 1. The molecule has 0 bridgehead atoms. The predicted octanol–water partition coefficient (Wildman–Crippen LogP) is 1.53. The van der Waals surface area contributed by atoms with Gasteiger partial charge in [-0.15, -0.1) is 5.10 Å². The Morgan fingerprint density at radius 3 is 2.43 bits per heavy atom. The molecule has 0 saturated carbocycles. The minimum atomic E-state index is -0.866. The highest BCUT2D eigenvalue weighted by Gasteiger charge is 2.40. The number of carboxylic acid groups (broad SMARTS) is 1. The Bertz CT molecular complexity index is 957. The highest BCUT2D eigenvalue weighted by molar-refractivity contribution is 5.81. The molecule has 142 valence electrons. The van der Waals surface area contributed by atoms with Crippen LogP contribution in [0.2, 0.25) is 0 Å². The van der Waals surface area contributed by atoms with Gasteiger partial charge >= 0.3 is 5.97 Å². The summed E-state index contributed by atoms with van der Waals surface area (Å²) >= 11 is 0. The predicted molar refractivity (Wildman–Crippen MR) is 99.7 cm³/mol. The average molecular weight is 377 g/mol. The van der Waals surface area contributed by atoms with Crippen LogP contribution in [0.5, 0.6) is 0 Å². The van der Waals surface area contributed by atoms with E-state index in [4.69, 9.17) is 0 Å². The lowest BCUT2D eigenvalue weighted by Gasteiger charge is -2.17. The van der Waals surface area contributed by atoms with Crippen LogP contribution in [0.4, 0.5) is 0 Å². The second-order valence-electron chi connectivity index (χ2n) is 6.86. The average Bonchev–Trinajstić information content (AvgIpc) is 3.39. The third-order valence-electron chi connectivity index (χ3n) is 5.12. The quantitative estimate of drug-likeness (QED) is 0.724. The number of carbonyl (C=O) groups excluding carboxylic acids is 1. The van der Waals surface area contributed by atoms with Gasteiger partial charge in [0.25, 0.3) is 0 Å². The fourth-order valence-corrected chi connectivity index (χ4v) is 3.63. The number of likely N-dealkylation sites (tertiary alicyclic amines) is 1. The molecule has 3 aromatic rings. The molecule has 1 saturated heterocycles. The summed E-state index contributed by atoms with van der Waals surface area (Å²) in [6.45, 7) is 0.652. The van der Waals surface area contributed by atoms with Crippen LogP contribution in [0.3, 0.4) is 0 Å². The number of hydrogen-bond acceptors (Lipinski definition) is 5. The van der Waals surface area contributed by atoms with Gasteiger partial charge < -0.3 is 10.0 Å². The van der Waals surface area contributed by atoms with Crippen LogP contribution in [-0.2, 0) is 16.0 Å². The molecular formula is C20H19N5O3. The Morgan fingerprint density at radius 1 is 1.04 bits per heavy atom. The first-order valence-electron chi connectivity index (χ1n) is 8.99. The molecule has 1 N–H and O–H groups in total. The molecule has 8 nitrogen and oxygen atoms in total. The lowest BCUT2D eigenvalue weighted by atomic mass is 9.89. The molecule has 0 aliphatic carbocycles. The van der Waals surface area contributed by atoms with E-state index in [1.54, 1.807) is 4.90 Å². The topological polar surface area (TPSA) is 101 Å². The van der Waals surface area contributed by atoms with Crippen LogP contribution in [0.1, 0.15) is 17.0 Å². The monoisotopic (exact) mass is 377 g/mol. The van der Waals surface area contributed by atoms with Gasteiger partial charge in [-0.2, -0.15) is 0 Å². The first-order valence-corrected chi connectivity index (χ1v) is 8.99. The third kappa shape index (κ3) is 3.62. The Hall–Kier alpha value is -3.55. The molecule has 1 aliphatic heterocycles. The number of aliphatic carboxylic acids is 1. The van der Waals surface area contributed by atoms with Gasteiger partial charge in [0, 0.05) is 19.0 Å². The van der Waals surface area contributed by atoms with Crippen LogP contribution in [0, 0.1) is 5.92 Å². The van der Waals surface area contributed by atoms with E-state index in [9.17, 15) is 14.7 Å². The molecule has 8 heteroatoms. The number of rotatable bonds is 5. The van der Waals surface area contributed by atoms with Gasteiger partial charge in [0.2, 0.25) is 5.91 Å². The molecular weight excluding hydrogens is 358 g/mol. The van der Waals surface area contributed by atoms with E-state index in [-0.39, 0.29) is 24.8 Å². The highest BCUT2D eigenvalue weighted by atomic mass is 16.4. The minimum absolute atomic E-state index is 0.0696. The number of amides is 1. The third-order valence-corrected chi connectivity index (χ3v) is 5.12. The van der Waals surface area contributed by atoms with Crippen molar-refractivity contribution < 1.29 is 14.7 Å². The van der Waals surface area contributed by atoms with E-state index in [1.165, 1.54) is 11.0 Å². The molecule has 1 amide bonds. The smallest absolute Gasteiger partial charge is 0.308 e. The fourth-order valence-electron chi connectivity index (χ4n) is 3.63. The van der Waals surface area contributed by atoms with Gasteiger partial charge in [-0.3, -0.25) is 9.59 Å². The summed E-state index contributed by atoms with van der Waals surface area (Å²) in [5, 5.41) is 20.6. The number of tetrazole rings is 1. The van der Waals surface area contributed by atoms with Crippen LogP contribution in [-0.4, -0.2) is 55.2 Å².